The molecule has 1 N–H and O–H groups in total. The highest BCUT2D eigenvalue weighted by Gasteiger charge is 2.11. The Bertz CT molecular complexity index is 999. The Hall–Kier alpha value is -2.46. The number of hydrogen-bond acceptors (Lipinski definition) is 2. The number of pyridine rings is 1. The molecule has 2 aromatic carbocycles. The van der Waals surface area contributed by atoms with E-state index in [1.54, 1.807) is 12.1 Å². The lowest BCUT2D eigenvalue weighted by atomic mass is 9.99. The lowest BCUT2D eigenvalue weighted by Gasteiger charge is -2.08. The first kappa shape index (κ1) is 17.4. The van der Waals surface area contributed by atoms with Crippen molar-refractivity contribution >= 4 is 45.0 Å². The van der Waals surface area contributed by atoms with Crippen molar-refractivity contribution in [2.45, 2.75) is 20.8 Å². The Morgan fingerprint density at radius 2 is 1.72 bits per heavy atom. The summed E-state index contributed by atoms with van der Waals surface area (Å²) in [5.74, 6) is -0.956. The summed E-state index contributed by atoms with van der Waals surface area (Å²) in [5.41, 5.74) is 6.30. The molecule has 0 aliphatic carbocycles. The summed E-state index contributed by atoms with van der Waals surface area (Å²) in [7, 11) is 0. The van der Waals surface area contributed by atoms with E-state index in [4.69, 9.17) is 0 Å². The van der Waals surface area contributed by atoms with Crippen LogP contribution in [0.15, 0.2) is 40.9 Å². The first-order valence-electron chi connectivity index (χ1n) is 7.94. The molecule has 3 aromatic rings. The minimum Gasteiger partial charge on any atom is -0.478 e. The van der Waals surface area contributed by atoms with Crippen molar-refractivity contribution in [3.63, 3.8) is 0 Å². The van der Waals surface area contributed by atoms with Gasteiger partial charge >= 0.3 is 5.97 Å². The van der Waals surface area contributed by atoms with Gasteiger partial charge in [0.25, 0.3) is 0 Å². The standard InChI is InChI=1S/C21H18BrNO2/c1-12-8-13(2)17(14(3)9-12)6-5-16-11-19(21(24)25)18-10-15(22)4-7-20(18)23-16/h4-11H,1-3H3,(H,24,25). The summed E-state index contributed by atoms with van der Waals surface area (Å²) in [6, 6.07) is 11.4. The molecule has 0 bridgehead atoms. The molecule has 0 unspecified atom stereocenters. The highest BCUT2D eigenvalue weighted by Crippen LogP contribution is 2.24. The number of aromatic carboxylic acids is 1. The maximum absolute atomic E-state index is 11.6. The van der Waals surface area contributed by atoms with Crippen LogP contribution in [-0.2, 0) is 0 Å². The summed E-state index contributed by atoms with van der Waals surface area (Å²) in [6.45, 7) is 6.23. The van der Waals surface area contributed by atoms with Crippen molar-refractivity contribution in [2.24, 2.45) is 0 Å². The highest BCUT2D eigenvalue weighted by molar-refractivity contribution is 9.10. The summed E-state index contributed by atoms with van der Waals surface area (Å²) >= 11 is 3.38. The number of aromatic nitrogens is 1. The van der Waals surface area contributed by atoms with Gasteiger partial charge in [-0.25, -0.2) is 9.78 Å². The number of rotatable bonds is 3. The van der Waals surface area contributed by atoms with Gasteiger partial charge in [-0.15, -0.1) is 0 Å². The first-order chi connectivity index (χ1) is 11.8. The third-order valence-electron chi connectivity index (χ3n) is 4.18. The number of halogens is 1. The summed E-state index contributed by atoms with van der Waals surface area (Å²) in [4.78, 5) is 16.2. The second-order valence-corrected chi connectivity index (χ2v) is 7.12. The molecule has 0 amide bonds. The number of aryl methyl sites for hydroxylation is 3. The molecular weight excluding hydrogens is 378 g/mol. The topological polar surface area (TPSA) is 50.2 Å². The second kappa shape index (κ2) is 6.81. The molecule has 0 aliphatic rings. The van der Waals surface area contributed by atoms with E-state index < -0.39 is 5.97 Å². The Morgan fingerprint density at radius 1 is 1.04 bits per heavy atom. The van der Waals surface area contributed by atoms with Crippen LogP contribution in [0.3, 0.4) is 0 Å². The third-order valence-corrected chi connectivity index (χ3v) is 4.67. The number of carboxylic acid groups (broad SMARTS) is 1. The largest absolute Gasteiger partial charge is 0.478 e. The summed E-state index contributed by atoms with van der Waals surface area (Å²) < 4.78 is 0.832. The average Bonchev–Trinajstić information content (AvgIpc) is 2.53. The third kappa shape index (κ3) is 3.64. The first-order valence-corrected chi connectivity index (χ1v) is 8.74. The van der Waals surface area contributed by atoms with Crippen LogP contribution < -0.4 is 0 Å². The van der Waals surface area contributed by atoms with Crippen molar-refractivity contribution in [3.8, 4) is 0 Å². The van der Waals surface area contributed by atoms with Gasteiger partial charge in [0, 0.05) is 9.86 Å². The normalized spacial score (nSPS) is 11.4. The van der Waals surface area contributed by atoms with Gasteiger partial charge in [-0.05, 0) is 67.8 Å². The van der Waals surface area contributed by atoms with E-state index >= 15 is 0 Å². The lowest BCUT2D eigenvalue weighted by Crippen LogP contribution is -2.00. The number of nitrogens with zero attached hydrogens (tertiary/aromatic N) is 1. The van der Waals surface area contributed by atoms with E-state index in [1.165, 1.54) is 16.7 Å². The van der Waals surface area contributed by atoms with Gasteiger partial charge in [0.1, 0.15) is 0 Å². The van der Waals surface area contributed by atoms with Gasteiger partial charge in [-0.1, -0.05) is 39.7 Å². The molecule has 0 saturated carbocycles. The van der Waals surface area contributed by atoms with Crippen molar-refractivity contribution < 1.29 is 9.90 Å². The van der Waals surface area contributed by atoms with Crippen LogP contribution in [-0.4, -0.2) is 16.1 Å². The number of benzene rings is 2. The molecule has 0 atom stereocenters. The van der Waals surface area contributed by atoms with Crippen molar-refractivity contribution in [1.82, 2.24) is 4.98 Å². The molecular formula is C21H18BrNO2. The second-order valence-electron chi connectivity index (χ2n) is 6.21. The van der Waals surface area contributed by atoms with Gasteiger partial charge in [0.2, 0.25) is 0 Å². The van der Waals surface area contributed by atoms with Crippen molar-refractivity contribution in [3.05, 3.63) is 74.4 Å². The van der Waals surface area contributed by atoms with Crippen LogP contribution in [0.4, 0.5) is 0 Å². The quantitative estimate of drug-likeness (QED) is 0.610. The van der Waals surface area contributed by atoms with Crippen LogP contribution in [0.5, 0.6) is 0 Å². The zero-order chi connectivity index (χ0) is 18.1. The Balaban J connectivity index is 2.11. The van der Waals surface area contributed by atoms with E-state index in [1.807, 2.05) is 24.3 Å². The van der Waals surface area contributed by atoms with Crippen LogP contribution in [0.1, 0.15) is 38.3 Å². The average molecular weight is 396 g/mol. The molecule has 4 heteroatoms. The Labute approximate surface area is 155 Å². The fraction of sp³-hybridized carbons (Fsp3) is 0.143. The van der Waals surface area contributed by atoms with Gasteiger partial charge in [0.15, 0.2) is 0 Å². The van der Waals surface area contributed by atoms with Gasteiger partial charge in [-0.2, -0.15) is 0 Å². The monoisotopic (exact) mass is 395 g/mol. The maximum atomic E-state index is 11.6. The molecule has 1 aromatic heterocycles. The molecule has 0 spiro atoms. The predicted molar refractivity (Wildman–Crippen MR) is 106 cm³/mol. The molecule has 0 saturated heterocycles. The minimum absolute atomic E-state index is 0.253. The van der Waals surface area contributed by atoms with Crippen LogP contribution in [0.2, 0.25) is 0 Å². The smallest absolute Gasteiger partial charge is 0.336 e. The summed E-state index contributed by atoms with van der Waals surface area (Å²) in [5, 5.41) is 10.2. The molecule has 3 nitrogen and oxygen atoms in total. The molecule has 0 radical (unpaired) electrons. The molecule has 1 heterocycles. The number of fused-ring (bicyclic) bond motifs is 1. The van der Waals surface area contributed by atoms with E-state index in [9.17, 15) is 9.90 Å². The summed E-state index contributed by atoms with van der Waals surface area (Å²) in [6.07, 6.45) is 3.88. The van der Waals surface area contributed by atoms with Gasteiger partial charge in [0.05, 0.1) is 16.8 Å². The van der Waals surface area contributed by atoms with Crippen molar-refractivity contribution in [1.29, 1.82) is 0 Å². The number of carbonyl (C=O) groups is 1. The number of hydrogen-bond donors (Lipinski definition) is 1. The fourth-order valence-electron chi connectivity index (χ4n) is 3.10. The fourth-order valence-corrected chi connectivity index (χ4v) is 3.46. The molecule has 0 fully saturated rings. The highest BCUT2D eigenvalue weighted by atomic mass is 79.9. The molecule has 25 heavy (non-hydrogen) atoms. The SMILES string of the molecule is Cc1cc(C)c(C=Cc2cc(C(=O)O)c3cc(Br)ccc3n2)c(C)c1. The predicted octanol–water partition coefficient (Wildman–Crippen LogP) is 5.79. The van der Waals surface area contributed by atoms with Crippen LogP contribution >= 0.6 is 15.9 Å². The zero-order valence-corrected chi connectivity index (χ0v) is 15.9. The van der Waals surface area contributed by atoms with E-state index in [-0.39, 0.29) is 5.56 Å². The molecule has 126 valence electrons. The number of carboxylic acids is 1. The van der Waals surface area contributed by atoms with Crippen LogP contribution in [0.25, 0.3) is 23.1 Å². The van der Waals surface area contributed by atoms with Gasteiger partial charge in [-0.3, -0.25) is 0 Å². The Morgan fingerprint density at radius 3 is 2.36 bits per heavy atom. The zero-order valence-electron chi connectivity index (χ0n) is 14.3. The van der Waals surface area contributed by atoms with Gasteiger partial charge < -0.3 is 5.11 Å². The lowest BCUT2D eigenvalue weighted by molar-refractivity contribution is 0.0699. The van der Waals surface area contributed by atoms with E-state index in [0.717, 1.165) is 10.0 Å². The molecule has 0 aliphatic heterocycles. The maximum Gasteiger partial charge on any atom is 0.336 e. The van der Waals surface area contributed by atoms with Crippen molar-refractivity contribution in [2.75, 3.05) is 0 Å². The van der Waals surface area contributed by atoms with Crippen LogP contribution in [0, 0.1) is 20.8 Å². The van der Waals surface area contributed by atoms with E-state index in [2.05, 4.69) is 53.8 Å². The molecule has 3 rings (SSSR count). The Kier molecular flexibility index (Phi) is 4.73. The van der Waals surface area contributed by atoms with E-state index in [0.29, 0.717) is 16.6 Å². The minimum atomic E-state index is -0.956.